The van der Waals surface area contributed by atoms with Crippen LogP contribution < -0.4 is 9.80 Å². The average molecular weight is 385 g/mol. The maximum atomic E-state index is 13.2. The number of nitrogens with zero attached hydrogens (tertiary/aromatic N) is 3. The summed E-state index contributed by atoms with van der Waals surface area (Å²) in [5.41, 5.74) is -1.99. The van der Waals surface area contributed by atoms with E-state index in [0.717, 1.165) is 36.8 Å². The highest BCUT2D eigenvalue weighted by molar-refractivity contribution is 5.89. The summed E-state index contributed by atoms with van der Waals surface area (Å²) in [7, 11) is 0. The molecule has 2 heterocycles. The third-order valence-electron chi connectivity index (χ3n) is 5.10. The van der Waals surface area contributed by atoms with Gasteiger partial charge in [-0.05, 0) is 19.1 Å². The molecule has 1 saturated heterocycles. The number of halogens is 3. The SMILES string of the molecule is CC1=NN(C(=O)CC[NH+]2CCN(c3ccccc3)CC2)[C@@](O)(C(F)(F)F)C1. The van der Waals surface area contributed by atoms with E-state index in [0.29, 0.717) is 6.54 Å². The van der Waals surface area contributed by atoms with Gasteiger partial charge in [0.05, 0.1) is 39.1 Å². The first kappa shape index (κ1) is 19.6. The van der Waals surface area contributed by atoms with E-state index in [1.54, 1.807) is 0 Å². The van der Waals surface area contributed by atoms with Crippen LogP contribution in [0.3, 0.4) is 0 Å². The number of carbonyl (C=O) groups excluding carboxylic acids is 1. The zero-order chi connectivity index (χ0) is 19.7. The van der Waals surface area contributed by atoms with Crippen LogP contribution in [0.5, 0.6) is 0 Å². The van der Waals surface area contributed by atoms with Gasteiger partial charge in [-0.3, -0.25) is 4.79 Å². The van der Waals surface area contributed by atoms with Gasteiger partial charge in [0, 0.05) is 17.8 Å². The molecule has 6 nitrogen and oxygen atoms in total. The number of quaternary nitrogens is 1. The Morgan fingerprint density at radius 2 is 1.89 bits per heavy atom. The van der Waals surface area contributed by atoms with Crippen molar-refractivity contribution in [3.63, 3.8) is 0 Å². The number of benzene rings is 1. The van der Waals surface area contributed by atoms with E-state index in [-0.39, 0.29) is 17.1 Å². The quantitative estimate of drug-likeness (QED) is 0.800. The second-order valence-electron chi connectivity index (χ2n) is 7.10. The summed E-state index contributed by atoms with van der Waals surface area (Å²) in [6.45, 7) is 5.03. The number of anilines is 1. The molecule has 0 aromatic heterocycles. The molecule has 2 N–H and O–H groups in total. The minimum Gasteiger partial charge on any atom is -0.362 e. The summed E-state index contributed by atoms with van der Waals surface area (Å²) in [5.74, 6) is -0.801. The molecule has 0 aliphatic carbocycles. The van der Waals surface area contributed by atoms with Crippen LogP contribution in [0, 0.1) is 0 Å². The van der Waals surface area contributed by atoms with Gasteiger partial charge >= 0.3 is 6.18 Å². The van der Waals surface area contributed by atoms with Gasteiger partial charge in [0.25, 0.3) is 11.6 Å². The molecule has 1 atom stereocenters. The number of alkyl halides is 3. The molecule has 2 aliphatic heterocycles. The summed E-state index contributed by atoms with van der Waals surface area (Å²) in [6, 6.07) is 10.0. The minimum atomic E-state index is -4.95. The van der Waals surface area contributed by atoms with Crippen LogP contribution in [0.4, 0.5) is 18.9 Å². The molecule has 3 rings (SSSR count). The van der Waals surface area contributed by atoms with Gasteiger partial charge < -0.3 is 14.9 Å². The van der Waals surface area contributed by atoms with Crippen LogP contribution >= 0.6 is 0 Å². The van der Waals surface area contributed by atoms with E-state index in [2.05, 4.69) is 10.0 Å². The first-order chi connectivity index (χ1) is 12.7. The van der Waals surface area contributed by atoms with Gasteiger partial charge in [-0.2, -0.15) is 23.3 Å². The number of aliphatic hydroxyl groups is 1. The normalized spacial score (nSPS) is 24.3. The zero-order valence-corrected chi connectivity index (χ0v) is 15.2. The number of piperazine rings is 1. The highest BCUT2D eigenvalue weighted by Crippen LogP contribution is 2.40. The molecule has 27 heavy (non-hydrogen) atoms. The van der Waals surface area contributed by atoms with Crippen molar-refractivity contribution in [2.24, 2.45) is 5.10 Å². The van der Waals surface area contributed by atoms with Gasteiger partial charge in [0.1, 0.15) is 0 Å². The highest BCUT2D eigenvalue weighted by Gasteiger charge is 2.62. The van der Waals surface area contributed by atoms with Crippen molar-refractivity contribution in [2.75, 3.05) is 37.6 Å². The van der Waals surface area contributed by atoms with Crippen LogP contribution in [-0.4, -0.2) is 66.4 Å². The predicted octanol–water partition coefficient (Wildman–Crippen LogP) is 0.641. The van der Waals surface area contributed by atoms with Crippen molar-refractivity contribution in [3.05, 3.63) is 30.3 Å². The number of hydrogen-bond acceptors (Lipinski definition) is 4. The molecule has 0 bridgehead atoms. The third-order valence-corrected chi connectivity index (χ3v) is 5.10. The number of carbonyl (C=O) groups is 1. The van der Waals surface area contributed by atoms with Crippen LogP contribution in [0.25, 0.3) is 0 Å². The Morgan fingerprint density at radius 3 is 2.48 bits per heavy atom. The Bertz CT molecular complexity index is 702. The zero-order valence-electron chi connectivity index (χ0n) is 15.2. The number of rotatable bonds is 4. The molecule has 0 spiro atoms. The number of hydrazone groups is 1. The van der Waals surface area contributed by atoms with Gasteiger partial charge in [-0.15, -0.1) is 0 Å². The first-order valence-corrected chi connectivity index (χ1v) is 9.00. The maximum absolute atomic E-state index is 13.2. The lowest BCUT2D eigenvalue weighted by Gasteiger charge is -2.35. The Labute approximate surface area is 155 Å². The molecule has 2 aliphatic rings. The second-order valence-corrected chi connectivity index (χ2v) is 7.10. The monoisotopic (exact) mass is 385 g/mol. The lowest BCUT2D eigenvalue weighted by Crippen LogP contribution is -3.15. The lowest BCUT2D eigenvalue weighted by molar-refractivity contribution is -0.900. The molecule has 1 fully saturated rings. The van der Waals surface area contributed by atoms with Crippen molar-refractivity contribution in [1.29, 1.82) is 0 Å². The molecule has 0 radical (unpaired) electrons. The summed E-state index contributed by atoms with van der Waals surface area (Å²) >= 11 is 0. The smallest absolute Gasteiger partial charge is 0.362 e. The molecule has 0 unspecified atom stereocenters. The highest BCUT2D eigenvalue weighted by atomic mass is 19.4. The van der Waals surface area contributed by atoms with E-state index < -0.39 is 24.2 Å². The molecule has 1 aromatic rings. The number of para-hydroxylation sites is 1. The van der Waals surface area contributed by atoms with E-state index in [9.17, 15) is 23.1 Å². The number of hydrogen-bond donors (Lipinski definition) is 2. The van der Waals surface area contributed by atoms with Crippen LogP contribution in [-0.2, 0) is 4.79 Å². The molecule has 0 saturated carbocycles. The summed E-state index contributed by atoms with van der Waals surface area (Å²) < 4.78 is 39.6. The molecular formula is C18H24F3N4O2+. The van der Waals surface area contributed by atoms with E-state index >= 15 is 0 Å². The van der Waals surface area contributed by atoms with Crippen LogP contribution in [0.1, 0.15) is 19.8 Å². The van der Waals surface area contributed by atoms with Gasteiger partial charge in [-0.25, -0.2) is 0 Å². The van der Waals surface area contributed by atoms with Crippen LogP contribution in [0.2, 0.25) is 0 Å². The van der Waals surface area contributed by atoms with E-state index in [1.165, 1.54) is 6.92 Å². The average Bonchev–Trinajstić information content (AvgIpc) is 2.96. The first-order valence-electron chi connectivity index (χ1n) is 9.00. The Hall–Kier alpha value is -2.13. The maximum Gasteiger partial charge on any atom is 0.438 e. The van der Waals surface area contributed by atoms with Crippen molar-refractivity contribution in [1.82, 2.24) is 5.01 Å². The second kappa shape index (κ2) is 7.47. The standard InChI is InChI=1S/C18H23F3N4O2/c1-14-13-17(27,18(19,20)21)25(22-14)16(26)7-8-23-9-11-24(12-10-23)15-5-3-2-4-6-15/h2-6,27H,7-13H2,1H3/p+1/t17-/m0/s1. The third kappa shape index (κ3) is 4.08. The molecule has 1 amide bonds. The van der Waals surface area contributed by atoms with Crippen molar-refractivity contribution < 1.29 is 28.0 Å². The molecular weight excluding hydrogens is 361 g/mol. The Morgan fingerprint density at radius 1 is 1.26 bits per heavy atom. The summed E-state index contributed by atoms with van der Waals surface area (Å²) in [4.78, 5) is 15.7. The summed E-state index contributed by atoms with van der Waals surface area (Å²) in [6.07, 6.45) is -5.74. The number of amides is 1. The van der Waals surface area contributed by atoms with Crippen molar-refractivity contribution >= 4 is 17.3 Å². The topological polar surface area (TPSA) is 60.6 Å². The fraction of sp³-hybridized carbons (Fsp3) is 0.556. The predicted molar refractivity (Wildman–Crippen MR) is 94.4 cm³/mol. The largest absolute Gasteiger partial charge is 0.438 e. The Balaban J connectivity index is 1.53. The molecule has 1 aromatic carbocycles. The summed E-state index contributed by atoms with van der Waals surface area (Å²) in [5, 5.41) is 13.8. The lowest BCUT2D eigenvalue weighted by atomic mass is 10.1. The van der Waals surface area contributed by atoms with Gasteiger partial charge in [0.15, 0.2) is 0 Å². The molecule has 9 heteroatoms. The minimum absolute atomic E-state index is 0.0875. The van der Waals surface area contributed by atoms with Crippen molar-refractivity contribution in [3.8, 4) is 0 Å². The van der Waals surface area contributed by atoms with Crippen LogP contribution in [0.15, 0.2) is 35.4 Å². The molecule has 148 valence electrons. The number of nitrogens with one attached hydrogen (secondary N) is 1. The fourth-order valence-corrected chi connectivity index (χ4v) is 3.56. The van der Waals surface area contributed by atoms with Crippen molar-refractivity contribution in [2.45, 2.75) is 31.7 Å². The van der Waals surface area contributed by atoms with E-state index in [4.69, 9.17) is 0 Å². The van der Waals surface area contributed by atoms with E-state index in [1.807, 2.05) is 30.3 Å². The fourth-order valence-electron chi connectivity index (χ4n) is 3.56. The van der Waals surface area contributed by atoms with Gasteiger partial charge in [-0.1, -0.05) is 18.2 Å². The van der Waals surface area contributed by atoms with Gasteiger partial charge in [0.2, 0.25) is 0 Å². The Kier molecular flexibility index (Phi) is 5.43.